The van der Waals surface area contributed by atoms with Crippen LogP contribution in [-0.2, 0) is 6.42 Å². The van der Waals surface area contributed by atoms with E-state index in [2.05, 4.69) is 23.4 Å². The van der Waals surface area contributed by atoms with Crippen molar-refractivity contribution in [1.29, 1.82) is 5.26 Å². The number of hydrogen-bond acceptors (Lipinski definition) is 4. The number of benzene rings is 1. The molecule has 0 saturated carbocycles. The van der Waals surface area contributed by atoms with Gasteiger partial charge in [-0.3, -0.25) is 0 Å². The van der Waals surface area contributed by atoms with Crippen LogP contribution in [0.5, 0.6) is 0 Å². The standard InChI is InChI=1S/C11H10N2S2/c1-3-8-9(14-5-12)4-7(2)10-11(8)15-6-13-10/h4,6H,3H2,1-2H3. The summed E-state index contributed by atoms with van der Waals surface area (Å²) in [6.07, 6.45) is 0.947. The predicted molar refractivity (Wildman–Crippen MR) is 65.2 cm³/mol. The molecule has 2 rings (SSSR count). The average molecular weight is 234 g/mol. The van der Waals surface area contributed by atoms with Crippen molar-refractivity contribution in [2.75, 3.05) is 0 Å². The lowest BCUT2D eigenvalue weighted by Gasteiger charge is -2.06. The Kier molecular flexibility index (Phi) is 2.94. The Labute approximate surface area is 96.9 Å². The van der Waals surface area contributed by atoms with E-state index in [1.54, 1.807) is 11.3 Å². The number of aromatic nitrogens is 1. The van der Waals surface area contributed by atoms with E-state index < -0.39 is 0 Å². The second-order valence-corrected chi connectivity index (χ2v) is 4.93. The van der Waals surface area contributed by atoms with Gasteiger partial charge in [-0.15, -0.1) is 11.3 Å². The second-order valence-electron chi connectivity index (χ2n) is 3.25. The molecule has 0 fully saturated rings. The van der Waals surface area contributed by atoms with Crippen LogP contribution in [0.3, 0.4) is 0 Å². The molecule has 2 aromatic rings. The first-order chi connectivity index (χ1) is 7.27. The molecule has 2 nitrogen and oxygen atoms in total. The number of thiazole rings is 1. The van der Waals surface area contributed by atoms with Crippen LogP contribution in [0.2, 0.25) is 0 Å². The number of hydrogen-bond donors (Lipinski definition) is 0. The van der Waals surface area contributed by atoms with Gasteiger partial charge in [0.05, 0.1) is 15.7 Å². The highest BCUT2D eigenvalue weighted by Gasteiger charge is 2.11. The van der Waals surface area contributed by atoms with E-state index in [0.717, 1.165) is 22.4 Å². The number of thioether (sulfide) groups is 1. The molecule has 0 unspecified atom stereocenters. The summed E-state index contributed by atoms with van der Waals surface area (Å²) >= 11 is 2.90. The van der Waals surface area contributed by atoms with Crippen molar-refractivity contribution in [1.82, 2.24) is 4.98 Å². The maximum Gasteiger partial charge on any atom is 0.138 e. The van der Waals surface area contributed by atoms with Gasteiger partial charge in [0, 0.05) is 4.90 Å². The van der Waals surface area contributed by atoms with Gasteiger partial charge in [-0.25, -0.2) is 4.98 Å². The maximum atomic E-state index is 8.75. The van der Waals surface area contributed by atoms with E-state index in [1.165, 1.54) is 22.0 Å². The highest BCUT2D eigenvalue weighted by atomic mass is 32.2. The van der Waals surface area contributed by atoms with Crippen LogP contribution >= 0.6 is 23.1 Å². The highest BCUT2D eigenvalue weighted by molar-refractivity contribution is 8.03. The number of thiocyanates is 1. The quantitative estimate of drug-likeness (QED) is 0.586. The lowest BCUT2D eigenvalue weighted by atomic mass is 10.1. The molecule has 0 aliphatic rings. The summed E-state index contributed by atoms with van der Waals surface area (Å²) < 4.78 is 1.23. The molecule has 0 aliphatic carbocycles. The molecule has 1 heterocycles. The number of nitriles is 1. The lowest BCUT2D eigenvalue weighted by Crippen LogP contribution is -1.88. The van der Waals surface area contributed by atoms with Gasteiger partial charge in [-0.05, 0) is 42.3 Å². The molecule has 0 amide bonds. The van der Waals surface area contributed by atoms with Crippen molar-refractivity contribution >= 4 is 33.3 Å². The van der Waals surface area contributed by atoms with Crippen LogP contribution in [0.15, 0.2) is 16.5 Å². The van der Waals surface area contributed by atoms with E-state index in [1.807, 2.05) is 12.4 Å². The van der Waals surface area contributed by atoms with Gasteiger partial charge in [0.1, 0.15) is 5.40 Å². The summed E-state index contributed by atoms with van der Waals surface area (Å²) in [6, 6.07) is 2.06. The molecule has 0 aliphatic heterocycles. The Morgan fingerprint density at radius 2 is 2.40 bits per heavy atom. The number of nitrogens with zero attached hydrogens (tertiary/aromatic N) is 2. The minimum absolute atomic E-state index is 0.947. The Hall–Kier alpha value is -1.05. The smallest absolute Gasteiger partial charge is 0.138 e. The Bertz CT molecular complexity index is 537. The molecule has 4 heteroatoms. The topological polar surface area (TPSA) is 36.7 Å². The second kappa shape index (κ2) is 4.21. The minimum atomic E-state index is 0.947. The molecular weight excluding hydrogens is 224 g/mol. The third-order valence-electron chi connectivity index (χ3n) is 2.37. The average Bonchev–Trinajstić information content (AvgIpc) is 2.68. The number of rotatable bonds is 2. The third-order valence-corrected chi connectivity index (χ3v) is 3.93. The van der Waals surface area contributed by atoms with Gasteiger partial charge >= 0.3 is 0 Å². The van der Waals surface area contributed by atoms with Gasteiger partial charge in [0.25, 0.3) is 0 Å². The van der Waals surface area contributed by atoms with Crippen LogP contribution in [0.1, 0.15) is 18.1 Å². The molecular formula is C11H10N2S2. The van der Waals surface area contributed by atoms with Crippen molar-refractivity contribution in [3.63, 3.8) is 0 Å². The predicted octanol–water partition coefficient (Wildman–Crippen LogP) is 3.74. The van der Waals surface area contributed by atoms with Gasteiger partial charge in [0.2, 0.25) is 0 Å². The van der Waals surface area contributed by atoms with E-state index in [9.17, 15) is 0 Å². The van der Waals surface area contributed by atoms with Crippen LogP contribution in [0.4, 0.5) is 0 Å². The number of fused-ring (bicyclic) bond motifs is 1. The van der Waals surface area contributed by atoms with Crippen molar-refractivity contribution in [2.24, 2.45) is 0 Å². The zero-order chi connectivity index (χ0) is 10.8. The third kappa shape index (κ3) is 1.73. The van der Waals surface area contributed by atoms with Crippen LogP contribution < -0.4 is 0 Å². The molecule has 0 atom stereocenters. The fourth-order valence-electron chi connectivity index (χ4n) is 1.68. The fourth-order valence-corrected chi connectivity index (χ4v) is 3.43. The normalized spacial score (nSPS) is 10.5. The first kappa shape index (κ1) is 10.5. The summed E-state index contributed by atoms with van der Waals surface area (Å²) in [5, 5.41) is 10.9. The molecule has 0 spiro atoms. The Morgan fingerprint density at radius 3 is 3.07 bits per heavy atom. The SMILES string of the molecule is CCc1c(SC#N)cc(C)c2ncsc12. The molecule has 0 bridgehead atoms. The number of aryl methyl sites for hydroxylation is 2. The van der Waals surface area contributed by atoms with Gasteiger partial charge < -0.3 is 0 Å². The first-order valence-electron chi connectivity index (χ1n) is 4.69. The molecule has 0 radical (unpaired) electrons. The molecule has 0 N–H and O–H groups in total. The van der Waals surface area contributed by atoms with E-state index in [0.29, 0.717) is 0 Å². The monoisotopic (exact) mass is 234 g/mol. The van der Waals surface area contributed by atoms with Crippen molar-refractivity contribution in [3.8, 4) is 5.40 Å². The zero-order valence-electron chi connectivity index (χ0n) is 8.57. The van der Waals surface area contributed by atoms with E-state index in [-0.39, 0.29) is 0 Å². The summed E-state index contributed by atoms with van der Waals surface area (Å²) in [5.41, 5.74) is 5.36. The first-order valence-corrected chi connectivity index (χ1v) is 6.39. The largest absolute Gasteiger partial charge is 0.244 e. The Balaban J connectivity index is 2.76. The fraction of sp³-hybridized carbons (Fsp3) is 0.273. The van der Waals surface area contributed by atoms with Crippen LogP contribution in [0.25, 0.3) is 10.2 Å². The lowest BCUT2D eigenvalue weighted by molar-refractivity contribution is 1.10. The van der Waals surface area contributed by atoms with Gasteiger partial charge in [-0.1, -0.05) is 6.92 Å². The summed E-state index contributed by atoms with van der Waals surface area (Å²) in [6.45, 7) is 4.16. The van der Waals surface area contributed by atoms with Gasteiger partial charge in [0.15, 0.2) is 0 Å². The van der Waals surface area contributed by atoms with Crippen molar-refractivity contribution in [2.45, 2.75) is 25.2 Å². The molecule has 76 valence electrons. The summed E-state index contributed by atoms with van der Waals surface area (Å²) in [5.74, 6) is 0. The van der Waals surface area contributed by atoms with Gasteiger partial charge in [-0.2, -0.15) is 5.26 Å². The van der Waals surface area contributed by atoms with Crippen LogP contribution in [-0.4, -0.2) is 4.98 Å². The molecule has 0 saturated heterocycles. The highest BCUT2D eigenvalue weighted by Crippen LogP contribution is 2.33. The minimum Gasteiger partial charge on any atom is -0.244 e. The van der Waals surface area contributed by atoms with E-state index >= 15 is 0 Å². The van der Waals surface area contributed by atoms with E-state index in [4.69, 9.17) is 5.26 Å². The summed E-state index contributed by atoms with van der Waals surface area (Å²) in [7, 11) is 0. The summed E-state index contributed by atoms with van der Waals surface area (Å²) in [4.78, 5) is 5.43. The maximum absolute atomic E-state index is 8.75. The van der Waals surface area contributed by atoms with Crippen LogP contribution in [0, 0.1) is 17.6 Å². The molecule has 15 heavy (non-hydrogen) atoms. The van der Waals surface area contributed by atoms with Crippen molar-refractivity contribution < 1.29 is 0 Å². The Morgan fingerprint density at radius 1 is 1.60 bits per heavy atom. The molecule has 1 aromatic carbocycles. The van der Waals surface area contributed by atoms with Crippen molar-refractivity contribution in [3.05, 3.63) is 22.7 Å². The molecule has 1 aromatic heterocycles. The zero-order valence-corrected chi connectivity index (χ0v) is 10.2.